The van der Waals surface area contributed by atoms with Crippen LogP contribution in [0.5, 0.6) is 0 Å². The first kappa shape index (κ1) is 20.3. The number of carbonyl (C=O) groups is 2. The number of fused-ring (bicyclic) bond motifs is 1. The fraction of sp³-hybridized carbons (Fsp3) is 0.500. The standard InChI is InChI=1S/C18H24N4O5S/c1-3-27-18(24)13-7-6-10-22(11-13)12-16(23)19-21(2)17-14-8-4-5-9-15(14)28(25,26)20-17/h4-5,8-9,13H,3,6-7,10-12H2,1-2H3,(H,19,23). The van der Waals surface area contributed by atoms with Crippen molar-refractivity contribution >= 4 is 27.7 Å². The SMILES string of the molecule is CCOC(=O)C1CCCN(CC(=O)NN(C)C2=NS(=O)(=O)c3ccccc32)C1. The Labute approximate surface area is 164 Å². The molecule has 3 rings (SSSR count). The zero-order valence-corrected chi connectivity index (χ0v) is 16.7. The van der Waals surface area contributed by atoms with E-state index < -0.39 is 10.0 Å². The lowest BCUT2D eigenvalue weighted by Gasteiger charge is -2.31. The third-order valence-electron chi connectivity index (χ3n) is 4.72. The van der Waals surface area contributed by atoms with E-state index in [1.807, 2.05) is 4.90 Å². The van der Waals surface area contributed by atoms with E-state index >= 15 is 0 Å². The maximum Gasteiger partial charge on any atom is 0.310 e. The van der Waals surface area contributed by atoms with Gasteiger partial charge in [0.15, 0.2) is 5.84 Å². The number of piperidine rings is 1. The second-order valence-corrected chi connectivity index (χ2v) is 8.38. The minimum absolute atomic E-state index is 0.0991. The molecule has 2 aliphatic heterocycles. The third-order valence-corrected chi connectivity index (χ3v) is 6.04. The van der Waals surface area contributed by atoms with Gasteiger partial charge in [0.25, 0.3) is 15.9 Å². The molecule has 1 atom stereocenters. The number of nitrogens with zero attached hydrogens (tertiary/aromatic N) is 3. The van der Waals surface area contributed by atoms with Crippen molar-refractivity contribution in [3.05, 3.63) is 29.8 Å². The monoisotopic (exact) mass is 408 g/mol. The van der Waals surface area contributed by atoms with Crippen LogP contribution in [0.2, 0.25) is 0 Å². The van der Waals surface area contributed by atoms with Crippen LogP contribution in [0.1, 0.15) is 25.3 Å². The van der Waals surface area contributed by atoms with Gasteiger partial charge in [0.05, 0.1) is 19.1 Å². The van der Waals surface area contributed by atoms with Crippen LogP contribution >= 0.6 is 0 Å². The molecule has 2 aliphatic rings. The number of nitrogens with one attached hydrogen (secondary N) is 1. The van der Waals surface area contributed by atoms with Crippen LogP contribution in [0.4, 0.5) is 0 Å². The number of likely N-dealkylation sites (tertiary alicyclic amines) is 1. The summed E-state index contributed by atoms with van der Waals surface area (Å²) in [7, 11) is -2.20. The summed E-state index contributed by atoms with van der Waals surface area (Å²) in [6, 6.07) is 6.48. The van der Waals surface area contributed by atoms with E-state index in [9.17, 15) is 18.0 Å². The van der Waals surface area contributed by atoms with Crippen molar-refractivity contribution in [2.24, 2.45) is 10.3 Å². The molecule has 2 heterocycles. The maximum absolute atomic E-state index is 12.4. The number of benzene rings is 1. The number of amidine groups is 1. The molecular weight excluding hydrogens is 384 g/mol. The molecule has 0 aromatic heterocycles. The predicted octanol–water partition coefficient (Wildman–Crippen LogP) is 0.374. The van der Waals surface area contributed by atoms with E-state index in [1.54, 1.807) is 32.2 Å². The van der Waals surface area contributed by atoms with Gasteiger partial charge in [-0.25, -0.2) is 0 Å². The van der Waals surface area contributed by atoms with Gasteiger partial charge in [0.1, 0.15) is 4.90 Å². The lowest BCUT2D eigenvalue weighted by atomic mass is 9.98. The van der Waals surface area contributed by atoms with Gasteiger partial charge in [-0.15, -0.1) is 4.40 Å². The summed E-state index contributed by atoms with van der Waals surface area (Å²) in [5, 5.41) is 1.32. The Morgan fingerprint density at radius 3 is 2.86 bits per heavy atom. The van der Waals surface area contributed by atoms with Crippen molar-refractivity contribution in [3.63, 3.8) is 0 Å². The summed E-state index contributed by atoms with van der Waals surface area (Å²) in [6.07, 6.45) is 1.56. The zero-order valence-electron chi connectivity index (χ0n) is 15.9. The van der Waals surface area contributed by atoms with Crippen LogP contribution in [0.25, 0.3) is 0 Å². The van der Waals surface area contributed by atoms with Crippen molar-refractivity contribution in [1.29, 1.82) is 0 Å². The van der Waals surface area contributed by atoms with Gasteiger partial charge in [0.2, 0.25) is 0 Å². The quantitative estimate of drug-likeness (QED) is 0.566. The molecule has 28 heavy (non-hydrogen) atoms. The first-order chi connectivity index (χ1) is 13.3. The molecule has 0 spiro atoms. The largest absolute Gasteiger partial charge is 0.466 e. The van der Waals surface area contributed by atoms with Crippen LogP contribution in [0.15, 0.2) is 33.6 Å². The molecule has 10 heteroatoms. The molecule has 0 bridgehead atoms. The van der Waals surface area contributed by atoms with Crippen LogP contribution in [0, 0.1) is 5.92 Å². The van der Waals surface area contributed by atoms with Crippen LogP contribution in [0.3, 0.4) is 0 Å². The first-order valence-corrected chi connectivity index (χ1v) is 10.6. The molecule has 1 unspecified atom stereocenters. The molecule has 9 nitrogen and oxygen atoms in total. The maximum atomic E-state index is 12.4. The minimum Gasteiger partial charge on any atom is -0.466 e. The molecule has 0 radical (unpaired) electrons. The molecule has 1 saturated heterocycles. The number of esters is 1. The number of ether oxygens (including phenoxy) is 1. The molecule has 0 aliphatic carbocycles. The lowest BCUT2D eigenvalue weighted by Crippen LogP contribution is -2.49. The van der Waals surface area contributed by atoms with Gasteiger partial charge in [-0.3, -0.25) is 24.9 Å². The van der Waals surface area contributed by atoms with E-state index in [1.165, 1.54) is 11.1 Å². The molecule has 1 N–H and O–H groups in total. The number of sulfonamides is 1. The van der Waals surface area contributed by atoms with E-state index in [0.717, 1.165) is 12.8 Å². The number of hydrogen-bond donors (Lipinski definition) is 1. The lowest BCUT2D eigenvalue weighted by molar-refractivity contribution is -0.150. The number of carbonyl (C=O) groups excluding carboxylic acids is 2. The Balaban J connectivity index is 1.60. The normalized spacial score (nSPS) is 20.8. The van der Waals surface area contributed by atoms with Gasteiger partial charge in [-0.05, 0) is 38.4 Å². The van der Waals surface area contributed by atoms with Crippen molar-refractivity contribution in [1.82, 2.24) is 15.3 Å². The van der Waals surface area contributed by atoms with E-state index in [4.69, 9.17) is 4.74 Å². The van der Waals surface area contributed by atoms with Crippen molar-refractivity contribution in [3.8, 4) is 0 Å². The Morgan fingerprint density at radius 2 is 2.11 bits per heavy atom. The average Bonchev–Trinajstić information content (AvgIpc) is 2.94. The third kappa shape index (κ3) is 4.33. The highest BCUT2D eigenvalue weighted by atomic mass is 32.2. The molecule has 1 aromatic carbocycles. The highest BCUT2D eigenvalue weighted by Crippen LogP contribution is 2.26. The van der Waals surface area contributed by atoms with Gasteiger partial charge >= 0.3 is 5.97 Å². The van der Waals surface area contributed by atoms with Gasteiger partial charge < -0.3 is 4.74 Å². The smallest absolute Gasteiger partial charge is 0.310 e. The van der Waals surface area contributed by atoms with Gasteiger partial charge in [-0.2, -0.15) is 8.42 Å². The van der Waals surface area contributed by atoms with Crippen LogP contribution < -0.4 is 5.43 Å². The minimum atomic E-state index is -3.75. The summed E-state index contributed by atoms with van der Waals surface area (Å²) in [6.45, 7) is 3.39. The first-order valence-electron chi connectivity index (χ1n) is 9.18. The Kier molecular flexibility index (Phi) is 5.99. The van der Waals surface area contributed by atoms with Crippen molar-refractivity contribution < 1.29 is 22.7 Å². The second kappa shape index (κ2) is 8.27. The summed E-state index contributed by atoms with van der Waals surface area (Å²) in [4.78, 5) is 26.4. The Morgan fingerprint density at radius 1 is 1.36 bits per heavy atom. The zero-order chi connectivity index (χ0) is 20.3. The number of amides is 1. The molecule has 1 fully saturated rings. The molecule has 1 amide bonds. The number of hydrazine groups is 1. The molecular formula is C18H24N4O5S. The van der Waals surface area contributed by atoms with E-state index in [-0.39, 0.29) is 35.1 Å². The molecule has 0 saturated carbocycles. The van der Waals surface area contributed by atoms with Gasteiger partial charge in [0, 0.05) is 19.2 Å². The summed E-state index contributed by atoms with van der Waals surface area (Å²) in [5.74, 6) is -0.592. The Hall–Kier alpha value is -2.46. The van der Waals surface area contributed by atoms with Crippen LogP contribution in [-0.4, -0.2) is 69.3 Å². The van der Waals surface area contributed by atoms with Gasteiger partial charge in [-0.1, -0.05) is 12.1 Å². The average molecular weight is 408 g/mol. The fourth-order valence-corrected chi connectivity index (χ4v) is 4.70. The summed E-state index contributed by atoms with van der Waals surface area (Å²) < 4.78 is 33.1. The molecule has 152 valence electrons. The van der Waals surface area contributed by atoms with Crippen molar-refractivity contribution in [2.45, 2.75) is 24.7 Å². The van der Waals surface area contributed by atoms with E-state index in [2.05, 4.69) is 9.82 Å². The highest BCUT2D eigenvalue weighted by Gasteiger charge is 2.32. The molecule has 1 aromatic rings. The van der Waals surface area contributed by atoms with Crippen LogP contribution in [-0.2, 0) is 24.3 Å². The fourth-order valence-electron chi connectivity index (χ4n) is 3.46. The van der Waals surface area contributed by atoms with E-state index in [0.29, 0.717) is 25.3 Å². The Bertz CT molecular complexity index is 899. The summed E-state index contributed by atoms with van der Waals surface area (Å²) >= 11 is 0. The predicted molar refractivity (Wildman–Crippen MR) is 102 cm³/mol. The summed E-state index contributed by atoms with van der Waals surface area (Å²) in [5.41, 5.74) is 3.11. The van der Waals surface area contributed by atoms with Crippen molar-refractivity contribution in [2.75, 3.05) is 33.3 Å². The topological polar surface area (TPSA) is 108 Å². The number of hydrogen-bond acceptors (Lipinski definition) is 7. The second-order valence-electron chi connectivity index (χ2n) is 6.81. The highest BCUT2D eigenvalue weighted by molar-refractivity contribution is 7.90. The number of rotatable bonds is 4.